The van der Waals surface area contributed by atoms with Gasteiger partial charge in [0.15, 0.2) is 11.5 Å². The number of benzene rings is 3. The number of methoxy groups -OCH3 is 1. The lowest BCUT2D eigenvalue weighted by Crippen LogP contribution is -1.99. The fourth-order valence-corrected chi connectivity index (χ4v) is 3.80. The van der Waals surface area contributed by atoms with E-state index >= 15 is 0 Å². The van der Waals surface area contributed by atoms with Crippen LogP contribution in [-0.2, 0) is 6.61 Å². The number of nitro benzene ring substituents is 1. The van der Waals surface area contributed by atoms with E-state index in [4.69, 9.17) is 9.47 Å². The largest absolute Gasteiger partial charge is 0.493 e. The summed E-state index contributed by atoms with van der Waals surface area (Å²) < 4.78 is 12.4. The normalized spacial score (nSPS) is 10.8. The molecule has 1 heterocycles. The zero-order valence-electron chi connectivity index (χ0n) is 15.0. The summed E-state index contributed by atoms with van der Waals surface area (Å²) in [7, 11) is 1.58. The SMILES string of the molecule is COc1cc(-c2nc3ccccc3s2)ccc1OCc1cccc([N+](=O)[O-])c1. The number of aromatic nitrogens is 1. The van der Waals surface area contributed by atoms with Crippen LogP contribution in [0.3, 0.4) is 0 Å². The summed E-state index contributed by atoms with van der Waals surface area (Å²) in [5.74, 6) is 1.15. The molecule has 0 radical (unpaired) electrons. The number of nitrogens with zero attached hydrogens (tertiary/aromatic N) is 2. The van der Waals surface area contributed by atoms with E-state index in [1.807, 2.05) is 42.5 Å². The van der Waals surface area contributed by atoms with Gasteiger partial charge in [-0.1, -0.05) is 24.3 Å². The highest BCUT2D eigenvalue weighted by Crippen LogP contribution is 2.36. The molecule has 0 spiro atoms. The van der Waals surface area contributed by atoms with E-state index in [0.717, 1.165) is 20.8 Å². The van der Waals surface area contributed by atoms with Crippen molar-refractivity contribution in [1.82, 2.24) is 4.98 Å². The van der Waals surface area contributed by atoms with Crippen molar-refractivity contribution in [3.05, 3.63) is 82.4 Å². The highest BCUT2D eigenvalue weighted by atomic mass is 32.1. The number of para-hydroxylation sites is 1. The van der Waals surface area contributed by atoms with Crippen LogP contribution in [0, 0.1) is 10.1 Å². The van der Waals surface area contributed by atoms with Crippen molar-refractivity contribution >= 4 is 27.2 Å². The third-order valence-electron chi connectivity index (χ3n) is 4.22. The molecule has 0 saturated heterocycles. The van der Waals surface area contributed by atoms with E-state index in [9.17, 15) is 10.1 Å². The van der Waals surface area contributed by atoms with Crippen LogP contribution < -0.4 is 9.47 Å². The summed E-state index contributed by atoms with van der Waals surface area (Å²) in [6.07, 6.45) is 0. The third kappa shape index (κ3) is 3.65. The van der Waals surface area contributed by atoms with Crippen molar-refractivity contribution in [2.24, 2.45) is 0 Å². The number of rotatable bonds is 6. The van der Waals surface area contributed by atoms with Crippen molar-refractivity contribution in [3.8, 4) is 22.1 Å². The van der Waals surface area contributed by atoms with E-state index in [2.05, 4.69) is 4.98 Å². The summed E-state index contributed by atoms with van der Waals surface area (Å²) in [6, 6.07) is 20.0. The summed E-state index contributed by atoms with van der Waals surface area (Å²) >= 11 is 1.62. The molecule has 4 aromatic rings. The number of fused-ring (bicyclic) bond motifs is 1. The number of thiazole rings is 1. The Kier molecular flexibility index (Phi) is 4.90. The fraction of sp³-hybridized carbons (Fsp3) is 0.0952. The molecule has 0 amide bonds. The van der Waals surface area contributed by atoms with E-state index in [-0.39, 0.29) is 12.3 Å². The number of non-ortho nitro benzene ring substituents is 1. The lowest BCUT2D eigenvalue weighted by atomic mass is 10.2. The molecule has 6 nitrogen and oxygen atoms in total. The average molecular weight is 392 g/mol. The molecule has 0 fully saturated rings. The van der Waals surface area contributed by atoms with Gasteiger partial charge in [0, 0.05) is 17.7 Å². The number of ether oxygens (including phenoxy) is 2. The lowest BCUT2D eigenvalue weighted by Gasteiger charge is -2.11. The highest BCUT2D eigenvalue weighted by molar-refractivity contribution is 7.21. The Morgan fingerprint density at radius 1 is 1.04 bits per heavy atom. The van der Waals surface area contributed by atoms with E-state index < -0.39 is 4.92 Å². The minimum Gasteiger partial charge on any atom is -0.493 e. The molecule has 0 unspecified atom stereocenters. The fourth-order valence-electron chi connectivity index (χ4n) is 2.84. The molecular formula is C21H16N2O4S. The van der Waals surface area contributed by atoms with Crippen LogP contribution >= 0.6 is 11.3 Å². The van der Waals surface area contributed by atoms with Crippen LogP contribution in [0.5, 0.6) is 11.5 Å². The molecule has 3 aromatic carbocycles. The Hall–Kier alpha value is -3.45. The van der Waals surface area contributed by atoms with Gasteiger partial charge in [-0.25, -0.2) is 4.98 Å². The summed E-state index contributed by atoms with van der Waals surface area (Å²) in [5, 5.41) is 11.8. The first kappa shape index (κ1) is 17.9. The zero-order valence-corrected chi connectivity index (χ0v) is 15.8. The topological polar surface area (TPSA) is 74.5 Å². The predicted octanol–water partition coefficient (Wildman–Crippen LogP) is 5.46. The zero-order chi connectivity index (χ0) is 19.5. The average Bonchev–Trinajstić information content (AvgIpc) is 3.16. The first-order chi connectivity index (χ1) is 13.6. The molecule has 0 aliphatic heterocycles. The molecular weight excluding hydrogens is 376 g/mol. The maximum Gasteiger partial charge on any atom is 0.269 e. The van der Waals surface area contributed by atoms with Crippen molar-refractivity contribution in [2.45, 2.75) is 6.61 Å². The molecule has 1 aromatic heterocycles. The Morgan fingerprint density at radius 2 is 1.89 bits per heavy atom. The highest BCUT2D eigenvalue weighted by Gasteiger charge is 2.12. The molecule has 0 bridgehead atoms. The van der Waals surface area contributed by atoms with Gasteiger partial charge in [0.25, 0.3) is 5.69 Å². The van der Waals surface area contributed by atoms with Gasteiger partial charge in [-0.05, 0) is 35.9 Å². The second-order valence-electron chi connectivity index (χ2n) is 6.07. The number of nitro groups is 1. The first-order valence-electron chi connectivity index (χ1n) is 8.54. The molecule has 7 heteroatoms. The molecule has 0 N–H and O–H groups in total. The van der Waals surface area contributed by atoms with Gasteiger partial charge < -0.3 is 9.47 Å². The molecule has 0 aliphatic rings. The standard InChI is InChI=1S/C21H16N2O4S/c1-26-19-12-15(21-22-17-7-2-3-8-20(17)28-21)9-10-18(19)27-13-14-5-4-6-16(11-14)23(24)25/h2-12H,13H2,1H3. The minimum absolute atomic E-state index is 0.0410. The second-order valence-corrected chi connectivity index (χ2v) is 7.10. The second kappa shape index (κ2) is 7.66. The Bertz CT molecular complexity index is 1120. The quantitative estimate of drug-likeness (QED) is 0.322. The van der Waals surface area contributed by atoms with Crippen molar-refractivity contribution in [2.75, 3.05) is 7.11 Å². The Morgan fingerprint density at radius 3 is 2.68 bits per heavy atom. The maximum absolute atomic E-state index is 10.9. The van der Waals surface area contributed by atoms with Gasteiger partial charge in [-0.2, -0.15) is 0 Å². The molecule has 0 atom stereocenters. The van der Waals surface area contributed by atoms with E-state index in [1.54, 1.807) is 30.6 Å². The van der Waals surface area contributed by atoms with Gasteiger partial charge in [0.2, 0.25) is 0 Å². The first-order valence-corrected chi connectivity index (χ1v) is 9.36. The summed E-state index contributed by atoms with van der Waals surface area (Å²) in [6.45, 7) is 0.207. The summed E-state index contributed by atoms with van der Waals surface area (Å²) in [4.78, 5) is 15.2. The maximum atomic E-state index is 10.9. The minimum atomic E-state index is -0.420. The number of hydrogen-bond acceptors (Lipinski definition) is 6. The van der Waals surface area contributed by atoms with Gasteiger partial charge in [-0.3, -0.25) is 10.1 Å². The molecule has 28 heavy (non-hydrogen) atoms. The van der Waals surface area contributed by atoms with Crippen molar-refractivity contribution < 1.29 is 14.4 Å². The van der Waals surface area contributed by atoms with Crippen LogP contribution in [0.15, 0.2) is 66.7 Å². The van der Waals surface area contributed by atoms with Crippen LogP contribution in [0.1, 0.15) is 5.56 Å². The van der Waals surface area contributed by atoms with Crippen LogP contribution in [-0.4, -0.2) is 17.0 Å². The molecule has 0 aliphatic carbocycles. The van der Waals surface area contributed by atoms with Gasteiger partial charge in [0.05, 0.1) is 22.2 Å². The molecule has 140 valence electrons. The Balaban J connectivity index is 1.57. The molecule has 4 rings (SSSR count). The molecule has 0 saturated carbocycles. The van der Waals surface area contributed by atoms with Crippen LogP contribution in [0.4, 0.5) is 5.69 Å². The van der Waals surface area contributed by atoms with E-state index in [0.29, 0.717) is 17.1 Å². The van der Waals surface area contributed by atoms with Gasteiger partial charge >= 0.3 is 0 Å². The van der Waals surface area contributed by atoms with E-state index in [1.165, 1.54) is 12.1 Å². The van der Waals surface area contributed by atoms with Crippen molar-refractivity contribution in [3.63, 3.8) is 0 Å². The summed E-state index contributed by atoms with van der Waals surface area (Å²) in [5.41, 5.74) is 2.67. The van der Waals surface area contributed by atoms with Crippen molar-refractivity contribution in [1.29, 1.82) is 0 Å². The smallest absolute Gasteiger partial charge is 0.269 e. The van der Waals surface area contributed by atoms with Gasteiger partial charge in [-0.15, -0.1) is 11.3 Å². The Labute approximate surface area is 165 Å². The van der Waals surface area contributed by atoms with Gasteiger partial charge in [0.1, 0.15) is 11.6 Å². The monoisotopic (exact) mass is 392 g/mol. The van der Waals surface area contributed by atoms with Crippen LogP contribution in [0.2, 0.25) is 0 Å². The number of hydrogen-bond donors (Lipinski definition) is 0. The predicted molar refractivity (Wildman–Crippen MR) is 109 cm³/mol. The van der Waals surface area contributed by atoms with Crippen LogP contribution in [0.25, 0.3) is 20.8 Å². The third-order valence-corrected chi connectivity index (χ3v) is 5.31. The lowest BCUT2D eigenvalue weighted by molar-refractivity contribution is -0.384.